The van der Waals surface area contributed by atoms with Crippen LogP contribution in [0.4, 0.5) is 0 Å². The van der Waals surface area contributed by atoms with Gasteiger partial charge in [0.2, 0.25) is 5.91 Å². The van der Waals surface area contributed by atoms with Gasteiger partial charge in [-0.05, 0) is 6.42 Å². The van der Waals surface area contributed by atoms with Gasteiger partial charge < -0.3 is 16.2 Å². The number of aliphatic hydroxyl groups excluding tert-OH is 1. The third-order valence-corrected chi connectivity index (χ3v) is 1.94. The van der Waals surface area contributed by atoms with Gasteiger partial charge in [0.25, 0.3) is 0 Å². The molecule has 0 aliphatic heterocycles. The van der Waals surface area contributed by atoms with Crippen LogP contribution >= 0.6 is 0 Å². The fourth-order valence-electron chi connectivity index (χ4n) is 1.00. The minimum absolute atomic E-state index is 0.172. The average molecular weight is 188 g/mol. The lowest BCUT2D eigenvalue weighted by Gasteiger charge is -2.12. The fourth-order valence-corrected chi connectivity index (χ4v) is 1.00. The van der Waals surface area contributed by atoms with Crippen LogP contribution in [0.15, 0.2) is 0 Å². The monoisotopic (exact) mass is 188 g/mol. The molecule has 0 aliphatic rings. The summed E-state index contributed by atoms with van der Waals surface area (Å²) in [6.45, 7) is 4.86. The number of aliphatic hydroxyl groups is 1. The predicted octanol–water partition coefficient (Wildman–Crippen LogP) is -0.142. The molecule has 0 bridgehead atoms. The third kappa shape index (κ3) is 6.54. The van der Waals surface area contributed by atoms with Gasteiger partial charge in [0.05, 0.1) is 6.10 Å². The first-order valence-corrected chi connectivity index (χ1v) is 4.76. The summed E-state index contributed by atoms with van der Waals surface area (Å²) in [5.74, 6) is -0.480. The third-order valence-electron chi connectivity index (χ3n) is 1.94. The lowest BCUT2D eigenvalue weighted by Crippen LogP contribution is -2.35. The number of primary amides is 1. The molecule has 4 N–H and O–H groups in total. The Kier molecular flexibility index (Phi) is 6.54. The molecule has 0 fully saturated rings. The second-order valence-electron chi connectivity index (χ2n) is 3.40. The topological polar surface area (TPSA) is 75.3 Å². The molecule has 78 valence electrons. The fraction of sp³-hybridized carbons (Fsp3) is 0.889. The molecule has 0 heterocycles. The Labute approximate surface area is 79.5 Å². The van der Waals surface area contributed by atoms with Crippen LogP contribution in [0.5, 0.6) is 0 Å². The molecular formula is C9H20N2O2. The minimum Gasteiger partial charge on any atom is -0.392 e. The van der Waals surface area contributed by atoms with E-state index in [1.54, 1.807) is 6.92 Å². The Morgan fingerprint density at radius 1 is 1.54 bits per heavy atom. The van der Waals surface area contributed by atoms with Crippen molar-refractivity contribution in [3.63, 3.8) is 0 Å². The normalized spacial score (nSPS) is 15.3. The van der Waals surface area contributed by atoms with E-state index in [-0.39, 0.29) is 17.9 Å². The smallest absolute Gasteiger partial charge is 0.221 e. The molecule has 0 aromatic heterocycles. The zero-order valence-corrected chi connectivity index (χ0v) is 8.42. The standard InChI is InChI=1S/C9H20N2O2/c1-3-4-8(12)6-11-5-7(2)9(10)13/h7-8,11-12H,3-6H2,1-2H3,(H2,10,13). The number of nitrogens with two attached hydrogens (primary N) is 1. The van der Waals surface area contributed by atoms with Crippen LogP contribution < -0.4 is 11.1 Å². The van der Waals surface area contributed by atoms with Gasteiger partial charge in [-0.1, -0.05) is 20.3 Å². The number of rotatable bonds is 7. The van der Waals surface area contributed by atoms with Gasteiger partial charge in [0.15, 0.2) is 0 Å². The van der Waals surface area contributed by atoms with Crippen molar-refractivity contribution in [3.05, 3.63) is 0 Å². The van der Waals surface area contributed by atoms with Gasteiger partial charge in [0.1, 0.15) is 0 Å². The first-order chi connectivity index (χ1) is 6.07. The molecular weight excluding hydrogens is 168 g/mol. The zero-order chi connectivity index (χ0) is 10.3. The van der Waals surface area contributed by atoms with Crippen molar-refractivity contribution in [2.75, 3.05) is 13.1 Å². The van der Waals surface area contributed by atoms with Crippen LogP contribution in [-0.4, -0.2) is 30.2 Å². The molecule has 0 rings (SSSR count). The van der Waals surface area contributed by atoms with E-state index in [1.165, 1.54) is 0 Å². The quantitative estimate of drug-likeness (QED) is 0.520. The highest BCUT2D eigenvalue weighted by atomic mass is 16.3. The van der Waals surface area contributed by atoms with Crippen LogP contribution in [0.25, 0.3) is 0 Å². The van der Waals surface area contributed by atoms with Gasteiger partial charge in [-0.3, -0.25) is 4.79 Å². The second kappa shape index (κ2) is 6.86. The van der Waals surface area contributed by atoms with Crippen molar-refractivity contribution in [3.8, 4) is 0 Å². The van der Waals surface area contributed by atoms with E-state index in [9.17, 15) is 9.90 Å². The molecule has 0 aromatic rings. The number of carbonyl (C=O) groups excluding carboxylic acids is 1. The van der Waals surface area contributed by atoms with Crippen LogP contribution in [0, 0.1) is 5.92 Å². The predicted molar refractivity (Wildman–Crippen MR) is 52.1 cm³/mol. The van der Waals surface area contributed by atoms with E-state index in [0.29, 0.717) is 13.1 Å². The molecule has 1 amide bonds. The summed E-state index contributed by atoms with van der Waals surface area (Å²) < 4.78 is 0. The molecule has 13 heavy (non-hydrogen) atoms. The molecule has 0 saturated heterocycles. The van der Waals surface area contributed by atoms with E-state index >= 15 is 0 Å². The summed E-state index contributed by atoms with van der Waals surface area (Å²) in [5.41, 5.74) is 5.07. The van der Waals surface area contributed by atoms with E-state index in [4.69, 9.17) is 5.73 Å². The van der Waals surface area contributed by atoms with Gasteiger partial charge in [-0.15, -0.1) is 0 Å². The van der Waals surface area contributed by atoms with Gasteiger partial charge in [-0.2, -0.15) is 0 Å². The Bertz CT molecular complexity index is 151. The maximum Gasteiger partial charge on any atom is 0.221 e. The summed E-state index contributed by atoms with van der Waals surface area (Å²) in [4.78, 5) is 10.6. The number of nitrogens with one attached hydrogen (secondary N) is 1. The lowest BCUT2D eigenvalue weighted by molar-refractivity contribution is -0.121. The van der Waals surface area contributed by atoms with Gasteiger partial charge >= 0.3 is 0 Å². The minimum atomic E-state index is -0.315. The van der Waals surface area contributed by atoms with E-state index < -0.39 is 0 Å². The van der Waals surface area contributed by atoms with E-state index in [0.717, 1.165) is 12.8 Å². The Morgan fingerprint density at radius 2 is 2.15 bits per heavy atom. The first-order valence-electron chi connectivity index (χ1n) is 4.76. The number of hydrogen-bond acceptors (Lipinski definition) is 3. The molecule has 0 aliphatic carbocycles. The summed E-state index contributed by atoms with van der Waals surface area (Å²) in [6.07, 6.45) is 1.44. The number of amides is 1. The highest BCUT2D eigenvalue weighted by Crippen LogP contribution is 1.95. The largest absolute Gasteiger partial charge is 0.392 e. The van der Waals surface area contributed by atoms with Crippen molar-refractivity contribution in [1.29, 1.82) is 0 Å². The maximum atomic E-state index is 10.6. The summed E-state index contributed by atoms with van der Waals surface area (Å²) in [6, 6.07) is 0. The zero-order valence-electron chi connectivity index (χ0n) is 8.42. The van der Waals surface area contributed by atoms with Crippen LogP contribution in [-0.2, 0) is 4.79 Å². The molecule has 0 radical (unpaired) electrons. The number of hydrogen-bond donors (Lipinski definition) is 3. The van der Waals surface area contributed by atoms with Crippen molar-refractivity contribution < 1.29 is 9.90 Å². The summed E-state index contributed by atoms with van der Waals surface area (Å²) >= 11 is 0. The van der Waals surface area contributed by atoms with Crippen molar-refractivity contribution in [1.82, 2.24) is 5.32 Å². The van der Waals surface area contributed by atoms with Crippen LogP contribution in [0.1, 0.15) is 26.7 Å². The molecule has 0 aromatic carbocycles. The van der Waals surface area contributed by atoms with Gasteiger partial charge in [0, 0.05) is 19.0 Å². The van der Waals surface area contributed by atoms with E-state index in [1.807, 2.05) is 6.92 Å². The lowest BCUT2D eigenvalue weighted by atomic mass is 10.1. The van der Waals surface area contributed by atoms with Crippen molar-refractivity contribution in [2.45, 2.75) is 32.8 Å². The first kappa shape index (κ1) is 12.4. The summed E-state index contributed by atoms with van der Waals surface area (Å²) in [5, 5.41) is 12.3. The Morgan fingerprint density at radius 3 is 2.62 bits per heavy atom. The molecule has 4 heteroatoms. The highest BCUT2D eigenvalue weighted by molar-refractivity contribution is 5.76. The van der Waals surface area contributed by atoms with Crippen molar-refractivity contribution >= 4 is 5.91 Å². The van der Waals surface area contributed by atoms with Crippen molar-refractivity contribution in [2.24, 2.45) is 11.7 Å². The highest BCUT2D eigenvalue weighted by Gasteiger charge is 2.08. The average Bonchev–Trinajstić information content (AvgIpc) is 2.04. The SMILES string of the molecule is CCCC(O)CNCC(C)C(N)=O. The van der Waals surface area contributed by atoms with E-state index in [2.05, 4.69) is 5.32 Å². The molecule has 2 atom stereocenters. The maximum absolute atomic E-state index is 10.6. The number of carbonyl (C=O) groups is 1. The van der Waals surface area contributed by atoms with Gasteiger partial charge in [-0.25, -0.2) is 0 Å². The Hall–Kier alpha value is -0.610. The Balaban J connectivity index is 3.39. The van der Waals surface area contributed by atoms with Crippen LogP contribution in [0.2, 0.25) is 0 Å². The molecule has 2 unspecified atom stereocenters. The van der Waals surface area contributed by atoms with Crippen LogP contribution in [0.3, 0.4) is 0 Å². The molecule has 0 saturated carbocycles. The second-order valence-corrected chi connectivity index (χ2v) is 3.40. The summed E-state index contributed by atoms with van der Waals surface area (Å²) in [7, 11) is 0. The molecule has 4 nitrogen and oxygen atoms in total. The molecule has 0 spiro atoms.